The fourth-order valence-electron chi connectivity index (χ4n) is 4.28. The Morgan fingerprint density at radius 3 is 2.73 bits per heavy atom. The average Bonchev–Trinajstić information content (AvgIpc) is 2.96. The van der Waals surface area contributed by atoms with Crippen LogP contribution in [0.4, 0.5) is 0 Å². The summed E-state index contributed by atoms with van der Waals surface area (Å²) in [5, 5.41) is 5.93. The molecule has 3 heteroatoms. The predicted molar refractivity (Wildman–Crippen MR) is 88.3 cm³/mol. The fraction of sp³-hybridized carbons (Fsp3) is 0.368. The Morgan fingerprint density at radius 1 is 1.00 bits per heavy atom. The first-order chi connectivity index (χ1) is 10.9. The van der Waals surface area contributed by atoms with Crippen molar-refractivity contribution in [3.05, 3.63) is 58.3 Å². The first kappa shape index (κ1) is 12.5. The summed E-state index contributed by atoms with van der Waals surface area (Å²) in [6.07, 6.45) is 8.62. The number of para-hydroxylation sites is 1. The molecule has 3 heterocycles. The minimum Gasteiger partial charge on any atom is -0.317 e. The molecule has 22 heavy (non-hydrogen) atoms. The second-order valence-corrected chi connectivity index (χ2v) is 6.55. The van der Waals surface area contributed by atoms with Gasteiger partial charge in [-0.25, -0.2) is 4.99 Å². The van der Waals surface area contributed by atoms with Crippen LogP contribution in [0.15, 0.2) is 57.7 Å². The van der Waals surface area contributed by atoms with Gasteiger partial charge in [-0.15, -0.1) is 0 Å². The second-order valence-electron chi connectivity index (χ2n) is 6.55. The molecule has 1 saturated heterocycles. The van der Waals surface area contributed by atoms with Crippen LogP contribution in [0.25, 0.3) is 5.57 Å². The van der Waals surface area contributed by atoms with Gasteiger partial charge in [0.1, 0.15) is 0 Å². The van der Waals surface area contributed by atoms with Crippen molar-refractivity contribution >= 4 is 11.3 Å². The summed E-state index contributed by atoms with van der Waals surface area (Å²) in [7, 11) is 0. The number of fused-ring (bicyclic) bond motifs is 4. The number of benzene rings is 1. The normalized spacial score (nSPS) is 24.5. The van der Waals surface area contributed by atoms with Crippen molar-refractivity contribution in [1.29, 1.82) is 0 Å². The summed E-state index contributed by atoms with van der Waals surface area (Å²) in [6.45, 7) is 2.09. The smallest absolute Gasteiger partial charge is 0.0911 e. The topological polar surface area (TPSA) is 36.8 Å². The van der Waals surface area contributed by atoms with Crippen LogP contribution in [0, 0.1) is 0 Å². The minimum atomic E-state index is -0.0549. The van der Waals surface area contributed by atoms with E-state index < -0.39 is 0 Å². The lowest BCUT2D eigenvalue weighted by Crippen LogP contribution is -2.46. The monoisotopic (exact) mass is 289 g/mol. The van der Waals surface area contributed by atoms with E-state index in [0.717, 1.165) is 44.1 Å². The number of nitrogens with zero attached hydrogens (tertiary/aromatic N) is 2. The molecule has 0 saturated carbocycles. The zero-order valence-electron chi connectivity index (χ0n) is 12.6. The van der Waals surface area contributed by atoms with Gasteiger partial charge in [0, 0.05) is 28.5 Å². The van der Waals surface area contributed by atoms with Crippen molar-refractivity contribution in [2.45, 2.75) is 31.2 Å². The molecular formula is C19H19N3. The van der Waals surface area contributed by atoms with E-state index in [1.807, 2.05) is 0 Å². The lowest BCUT2D eigenvalue weighted by Gasteiger charge is -2.40. The summed E-state index contributed by atoms with van der Waals surface area (Å²) < 4.78 is 0. The molecule has 3 aliphatic heterocycles. The van der Waals surface area contributed by atoms with Crippen LogP contribution in [-0.4, -0.2) is 24.3 Å². The molecule has 0 amide bonds. The van der Waals surface area contributed by atoms with Crippen molar-refractivity contribution in [2.24, 2.45) is 9.98 Å². The molecule has 1 aliphatic carbocycles. The molecule has 1 aromatic rings. The van der Waals surface area contributed by atoms with E-state index in [1.165, 1.54) is 27.8 Å². The van der Waals surface area contributed by atoms with Crippen LogP contribution in [0.5, 0.6) is 0 Å². The Balaban J connectivity index is 1.86. The maximum atomic E-state index is 5.31. The van der Waals surface area contributed by atoms with Crippen molar-refractivity contribution in [3.63, 3.8) is 0 Å². The predicted octanol–water partition coefficient (Wildman–Crippen LogP) is 1.65. The summed E-state index contributed by atoms with van der Waals surface area (Å²) in [6, 6.07) is 8.58. The molecule has 5 rings (SSSR count). The molecule has 0 bridgehead atoms. The Kier molecular flexibility index (Phi) is 2.56. The van der Waals surface area contributed by atoms with Gasteiger partial charge in [0.25, 0.3) is 0 Å². The summed E-state index contributed by atoms with van der Waals surface area (Å²) >= 11 is 0. The molecule has 0 aromatic heterocycles. The van der Waals surface area contributed by atoms with E-state index in [4.69, 9.17) is 9.98 Å². The molecule has 0 atom stereocenters. The number of dihydropyridines is 1. The largest absolute Gasteiger partial charge is 0.317 e. The van der Waals surface area contributed by atoms with E-state index >= 15 is 0 Å². The minimum absolute atomic E-state index is 0.0549. The molecule has 3 nitrogen and oxygen atoms in total. The van der Waals surface area contributed by atoms with E-state index in [9.17, 15) is 0 Å². The Labute approximate surface area is 129 Å². The first-order valence-corrected chi connectivity index (χ1v) is 8.24. The number of rotatable bonds is 0. The molecule has 4 aliphatic rings. The van der Waals surface area contributed by atoms with Crippen LogP contribution in [-0.2, 0) is 0 Å². The van der Waals surface area contributed by atoms with E-state index in [2.05, 4.69) is 41.7 Å². The molecule has 110 valence electrons. The standard InChI is InChI=1S/C19H19N3/c1-3-7-15-13(5-1)17-18(21-15)14-6-2-4-8-16(14)22-19(17)9-11-20-12-10-19/h1-5,7,20H,6,8-12H2. The zero-order chi connectivity index (χ0) is 14.6. The Bertz CT molecular complexity index is 864. The van der Waals surface area contributed by atoms with Crippen LogP contribution in [0.1, 0.15) is 25.7 Å². The highest BCUT2D eigenvalue weighted by molar-refractivity contribution is 6.08. The lowest BCUT2D eigenvalue weighted by atomic mass is 9.75. The molecule has 1 N–H and O–H groups in total. The number of hydrogen-bond donors (Lipinski definition) is 1. The quantitative estimate of drug-likeness (QED) is 0.725. The van der Waals surface area contributed by atoms with Crippen LogP contribution in [0.2, 0.25) is 0 Å². The second kappa shape index (κ2) is 4.50. The third-order valence-electron chi connectivity index (χ3n) is 5.32. The molecule has 0 unspecified atom stereocenters. The third kappa shape index (κ3) is 1.60. The lowest BCUT2D eigenvalue weighted by molar-refractivity contribution is 0.385. The number of allylic oxidation sites excluding steroid dienone is 3. The molecule has 0 radical (unpaired) electrons. The maximum Gasteiger partial charge on any atom is 0.0911 e. The third-order valence-corrected chi connectivity index (χ3v) is 5.32. The van der Waals surface area contributed by atoms with Gasteiger partial charge in [0.2, 0.25) is 0 Å². The molecule has 1 aromatic carbocycles. The van der Waals surface area contributed by atoms with Gasteiger partial charge in [-0.2, -0.15) is 0 Å². The van der Waals surface area contributed by atoms with Crippen molar-refractivity contribution in [3.8, 4) is 0 Å². The number of hydrogen-bond acceptors (Lipinski definition) is 3. The van der Waals surface area contributed by atoms with E-state index in [-0.39, 0.29) is 5.54 Å². The highest BCUT2D eigenvalue weighted by atomic mass is 15.0. The highest BCUT2D eigenvalue weighted by Gasteiger charge is 2.43. The SMILES string of the molecule is C1=CCC2=C3N=c4ccccc4=C3C3(CCNCC3)N=C2C1. The highest BCUT2D eigenvalue weighted by Crippen LogP contribution is 2.44. The van der Waals surface area contributed by atoms with Crippen LogP contribution >= 0.6 is 0 Å². The van der Waals surface area contributed by atoms with Crippen molar-refractivity contribution in [1.82, 2.24) is 5.32 Å². The van der Waals surface area contributed by atoms with Gasteiger partial charge < -0.3 is 5.32 Å². The van der Waals surface area contributed by atoms with Crippen LogP contribution in [0.3, 0.4) is 0 Å². The molecular weight excluding hydrogens is 270 g/mol. The maximum absolute atomic E-state index is 5.31. The first-order valence-electron chi connectivity index (χ1n) is 8.24. The Hall–Kier alpha value is -2.00. The average molecular weight is 289 g/mol. The zero-order valence-corrected chi connectivity index (χ0v) is 12.6. The van der Waals surface area contributed by atoms with Crippen LogP contribution < -0.4 is 15.9 Å². The van der Waals surface area contributed by atoms with E-state index in [0.29, 0.717) is 0 Å². The number of aliphatic imine (C=N–C) groups is 1. The summed E-state index contributed by atoms with van der Waals surface area (Å²) in [5.74, 6) is 0. The Morgan fingerprint density at radius 2 is 1.82 bits per heavy atom. The summed E-state index contributed by atoms with van der Waals surface area (Å²) in [5.41, 5.74) is 5.22. The van der Waals surface area contributed by atoms with Gasteiger partial charge in [0.15, 0.2) is 0 Å². The van der Waals surface area contributed by atoms with Gasteiger partial charge >= 0.3 is 0 Å². The number of piperidine rings is 1. The summed E-state index contributed by atoms with van der Waals surface area (Å²) in [4.78, 5) is 10.3. The van der Waals surface area contributed by atoms with Gasteiger partial charge in [-0.1, -0.05) is 30.4 Å². The van der Waals surface area contributed by atoms with Crippen molar-refractivity contribution in [2.75, 3.05) is 13.1 Å². The van der Waals surface area contributed by atoms with Gasteiger partial charge in [0.05, 0.1) is 16.6 Å². The van der Waals surface area contributed by atoms with Gasteiger partial charge in [-0.3, -0.25) is 4.99 Å². The number of nitrogens with one attached hydrogen (secondary N) is 1. The molecule has 1 fully saturated rings. The van der Waals surface area contributed by atoms with Gasteiger partial charge in [-0.05, 0) is 38.4 Å². The van der Waals surface area contributed by atoms with Crippen molar-refractivity contribution < 1.29 is 0 Å². The fourth-order valence-corrected chi connectivity index (χ4v) is 4.28. The van der Waals surface area contributed by atoms with E-state index in [1.54, 1.807) is 0 Å². The molecule has 1 spiro atoms.